The van der Waals surface area contributed by atoms with E-state index in [-0.39, 0.29) is 18.5 Å². The number of anilines is 2. The average molecular weight is 447 g/mol. The highest BCUT2D eigenvalue weighted by Gasteiger charge is 2.31. The van der Waals surface area contributed by atoms with Gasteiger partial charge in [0.15, 0.2) is 11.5 Å². The Balaban J connectivity index is 1.33. The van der Waals surface area contributed by atoms with Gasteiger partial charge in [-0.3, -0.25) is 9.69 Å². The molecule has 3 amide bonds. The maximum atomic E-state index is 12.8. The standard InChI is InChI=1S/C25H25N3O5/c1-31-22-13-10-19(16-23(22)32-2)28-15-14-27(25(28)30)17-24(29)26-18-8-11-21(12-9-18)33-20-6-4-3-5-7-20/h3-13,16H,14-15,17H2,1-2H3,(H,26,29). The van der Waals surface area contributed by atoms with Gasteiger partial charge in [0, 0.05) is 30.5 Å². The lowest BCUT2D eigenvalue weighted by molar-refractivity contribution is -0.116. The normalized spacial score (nSPS) is 13.1. The van der Waals surface area contributed by atoms with Crippen LogP contribution in [-0.2, 0) is 4.79 Å². The summed E-state index contributed by atoms with van der Waals surface area (Å²) in [7, 11) is 3.10. The first kappa shape index (κ1) is 22.0. The number of amides is 3. The van der Waals surface area contributed by atoms with Crippen LogP contribution in [0.2, 0.25) is 0 Å². The minimum absolute atomic E-state index is 0.0368. The van der Waals surface area contributed by atoms with E-state index in [0.29, 0.717) is 41.7 Å². The lowest BCUT2D eigenvalue weighted by atomic mass is 10.2. The van der Waals surface area contributed by atoms with Crippen LogP contribution in [0.4, 0.5) is 16.2 Å². The fourth-order valence-corrected chi connectivity index (χ4v) is 3.57. The Hall–Kier alpha value is -4.20. The van der Waals surface area contributed by atoms with Crippen LogP contribution in [0.5, 0.6) is 23.0 Å². The number of urea groups is 1. The van der Waals surface area contributed by atoms with Gasteiger partial charge in [0.05, 0.1) is 14.2 Å². The monoisotopic (exact) mass is 447 g/mol. The van der Waals surface area contributed by atoms with Crippen molar-refractivity contribution in [3.05, 3.63) is 72.8 Å². The van der Waals surface area contributed by atoms with Gasteiger partial charge in [-0.2, -0.15) is 0 Å². The smallest absolute Gasteiger partial charge is 0.325 e. The zero-order chi connectivity index (χ0) is 23.2. The molecule has 0 unspecified atom stereocenters. The lowest BCUT2D eigenvalue weighted by Gasteiger charge is -2.19. The number of methoxy groups -OCH3 is 2. The number of nitrogens with zero attached hydrogens (tertiary/aromatic N) is 2. The van der Waals surface area contributed by atoms with Crippen molar-refractivity contribution in [2.45, 2.75) is 0 Å². The SMILES string of the molecule is COc1ccc(N2CCN(CC(=O)Nc3ccc(Oc4ccccc4)cc3)C2=O)cc1OC. The first-order valence-corrected chi connectivity index (χ1v) is 10.5. The minimum atomic E-state index is -0.269. The number of para-hydroxylation sites is 1. The maximum absolute atomic E-state index is 12.8. The zero-order valence-electron chi connectivity index (χ0n) is 18.5. The molecule has 0 atom stereocenters. The molecule has 4 rings (SSSR count). The second-order valence-electron chi connectivity index (χ2n) is 7.38. The Morgan fingerprint density at radius 2 is 1.58 bits per heavy atom. The molecule has 8 heteroatoms. The van der Waals surface area contributed by atoms with Crippen molar-refractivity contribution < 1.29 is 23.8 Å². The maximum Gasteiger partial charge on any atom is 0.325 e. The van der Waals surface area contributed by atoms with Crippen LogP contribution in [0.1, 0.15) is 0 Å². The van der Waals surface area contributed by atoms with E-state index in [2.05, 4.69) is 5.32 Å². The molecule has 170 valence electrons. The Kier molecular flexibility index (Phi) is 6.64. The second kappa shape index (κ2) is 9.95. The van der Waals surface area contributed by atoms with Crippen molar-refractivity contribution in [2.24, 2.45) is 0 Å². The van der Waals surface area contributed by atoms with Crippen LogP contribution >= 0.6 is 0 Å². The van der Waals surface area contributed by atoms with Gasteiger partial charge in [0.1, 0.15) is 18.0 Å². The molecule has 1 saturated heterocycles. The molecule has 0 saturated carbocycles. The summed E-state index contributed by atoms with van der Waals surface area (Å²) in [6.45, 7) is 0.891. The van der Waals surface area contributed by atoms with E-state index in [1.807, 2.05) is 30.3 Å². The number of rotatable bonds is 8. The third kappa shape index (κ3) is 5.17. The fraction of sp³-hybridized carbons (Fsp3) is 0.200. The van der Waals surface area contributed by atoms with Crippen molar-refractivity contribution in [3.63, 3.8) is 0 Å². The summed E-state index contributed by atoms with van der Waals surface area (Å²) in [5.74, 6) is 2.26. The Bertz CT molecular complexity index is 1120. The summed E-state index contributed by atoms with van der Waals surface area (Å²) < 4.78 is 16.3. The number of hydrogen-bond donors (Lipinski definition) is 1. The number of benzene rings is 3. The van der Waals surface area contributed by atoms with Gasteiger partial charge in [-0.15, -0.1) is 0 Å². The van der Waals surface area contributed by atoms with E-state index in [4.69, 9.17) is 14.2 Å². The molecule has 3 aromatic carbocycles. The molecular weight excluding hydrogens is 422 g/mol. The molecule has 3 aromatic rings. The van der Waals surface area contributed by atoms with Crippen LogP contribution in [0.3, 0.4) is 0 Å². The third-order valence-corrected chi connectivity index (χ3v) is 5.23. The molecule has 0 radical (unpaired) electrons. The van der Waals surface area contributed by atoms with Crippen LogP contribution in [0.25, 0.3) is 0 Å². The Morgan fingerprint density at radius 3 is 2.27 bits per heavy atom. The molecule has 8 nitrogen and oxygen atoms in total. The topological polar surface area (TPSA) is 80.3 Å². The van der Waals surface area contributed by atoms with Crippen molar-refractivity contribution in [1.29, 1.82) is 0 Å². The van der Waals surface area contributed by atoms with Gasteiger partial charge in [0.2, 0.25) is 5.91 Å². The van der Waals surface area contributed by atoms with Crippen molar-refractivity contribution in [2.75, 3.05) is 44.1 Å². The molecule has 1 aliphatic heterocycles. The summed E-state index contributed by atoms with van der Waals surface area (Å²) in [5.41, 5.74) is 1.32. The molecule has 0 aromatic heterocycles. The van der Waals surface area contributed by atoms with Crippen molar-refractivity contribution >= 4 is 23.3 Å². The van der Waals surface area contributed by atoms with E-state index < -0.39 is 0 Å². The lowest BCUT2D eigenvalue weighted by Crippen LogP contribution is -2.37. The Morgan fingerprint density at radius 1 is 0.879 bits per heavy atom. The van der Waals surface area contributed by atoms with E-state index >= 15 is 0 Å². The van der Waals surface area contributed by atoms with Crippen LogP contribution in [0.15, 0.2) is 72.8 Å². The largest absolute Gasteiger partial charge is 0.493 e. The highest BCUT2D eigenvalue weighted by atomic mass is 16.5. The summed E-state index contributed by atoms with van der Waals surface area (Å²) >= 11 is 0. The Labute approximate surface area is 192 Å². The van der Waals surface area contributed by atoms with Crippen molar-refractivity contribution in [1.82, 2.24) is 4.90 Å². The molecule has 1 N–H and O–H groups in total. The number of carbonyl (C=O) groups is 2. The predicted molar refractivity (Wildman–Crippen MR) is 125 cm³/mol. The van der Waals surface area contributed by atoms with Gasteiger partial charge >= 0.3 is 6.03 Å². The number of hydrogen-bond acceptors (Lipinski definition) is 5. The van der Waals surface area contributed by atoms with Crippen LogP contribution in [0, 0.1) is 0 Å². The third-order valence-electron chi connectivity index (χ3n) is 5.23. The van der Waals surface area contributed by atoms with Crippen LogP contribution < -0.4 is 24.4 Å². The summed E-state index contributed by atoms with van der Waals surface area (Å²) in [6, 6.07) is 21.6. The number of ether oxygens (including phenoxy) is 3. The first-order chi connectivity index (χ1) is 16.1. The molecule has 0 spiro atoms. The quantitative estimate of drug-likeness (QED) is 0.554. The van der Waals surface area contributed by atoms with Gasteiger partial charge in [-0.05, 0) is 48.5 Å². The molecule has 1 aliphatic rings. The molecule has 1 fully saturated rings. The van der Waals surface area contributed by atoms with Crippen LogP contribution in [-0.4, -0.2) is 50.7 Å². The highest BCUT2D eigenvalue weighted by molar-refractivity contribution is 5.99. The average Bonchev–Trinajstić information content (AvgIpc) is 3.20. The van der Waals surface area contributed by atoms with Gasteiger partial charge < -0.3 is 24.4 Å². The van der Waals surface area contributed by atoms with Gasteiger partial charge in [-0.25, -0.2) is 4.79 Å². The van der Waals surface area contributed by atoms with Gasteiger partial charge in [0.25, 0.3) is 0 Å². The van der Waals surface area contributed by atoms with Gasteiger partial charge in [-0.1, -0.05) is 18.2 Å². The molecule has 0 aliphatic carbocycles. The zero-order valence-corrected chi connectivity index (χ0v) is 18.5. The molecule has 33 heavy (non-hydrogen) atoms. The highest BCUT2D eigenvalue weighted by Crippen LogP contribution is 2.32. The molecular formula is C25H25N3O5. The van der Waals surface area contributed by atoms with Crippen molar-refractivity contribution in [3.8, 4) is 23.0 Å². The molecule has 1 heterocycles. The van der Waals surface area contributed by atoms with E-state index in [0.717, 1.165) is 5.75 Å². The summed E-state index contributed by atoms with van der Waals surface area (Å²) in [6.07, 6.45) is 0. The fourth-order valence-electron chi connectivity index (χ4n) is 3.57. The second-order valence-corrected chi connectivity index (χ2v) is 7.38. The number of nitrogens with one attached hydrogen (secondary N) is 1. The number of carbonyl (C=O) groups excluding carboxylic acids is 2. The van der Waals surface area contributed by atoms with E-state index in [9.17, 15) is 9.59 Å². The summed E-state index contributed by atoms with van der Waals surface area (Å²) in [5, 5.41) is 2.82. The first-order valence-electron chi connectivity index (χ1n) is 10.5. The summed E-state index contributed by atoms with van der Waals surface area (Å²) in [4.78, 5) is 28.5. The predicted octanol–water partition coefficient (Wildman–Crippen LogP) is 4.38. The minimum Gasteiger partial charge on any atom is -0.493 e. The van der Waals surface area contributed by atoms with E-state index in [1.165, 1.54) is 4.90 Å². The van der Waals surface area contributed by atoms with E-state index in [1.54, 1.807) is 61.6 Å². The molecule has 0 bridgehead atoms.